The molecule has 2 aliphatic rings. The smallest absolute Gasteiger partial charge is 0.122 e. The first-order valence-corrected chi connectivity index (χ1v) is 8.07. The van der Waals surface area contributed by atoms with Crippen LogP contribution in [0.3, 0.4) is 0 Å². The van der Waals surface area contributed by atoms with E-state index in [0.717, 1.165) is 23.1 Å². The van der Waals surface area contributed by atoms with Gasteiger partial charge in [-0.3, -0.25) is 10.3 Å². The van der Waals surface area contributed by atoms with Gasteiger partial charge in [0.2, 0.25) is 0 Å². The highest BCUT2D eigenvalue weighted by Gasteiger charge is 2.29. The number of nitrogens with two attached hydrogens (primary N) is 1. The van der Waals surface area contributed by atoms with Gasteiger partial charge in [-0.15, -0.1) is 0 Å². The zero-order valence-corrected chi connectivity index (χ0v) is 13.2. The SMILES string of the molecule is N=C(N)c1ccc(N2CCCN3CCCC3C2)c(Br)c1. The van der Waals surface area contributed by atoms with Crippen LogP contribution < -0.4 is 10.6 Å². The van der Waals surface area contributed by atoms with Crippen LogP contribution in [0, 0.1) is 5.41 Å². The van der Waals surface area contributed by atoms with E-state index in [-0.39, 0.29) is 5.84 Å². The number of hydrogen-bond donors (Lipinski definition) is 2. The number of benzene rings is 1. The zero-order valence-electron chi connectivity index (χ0n) is 11.6. The highest BCUT2D eigenvalue weighted by atomic mass is 79.9. The van der Waals surface area contributed by atoms with Crippen LogP contribution in [0.5, 0.6) is 0 Å². The van der Waals surface area contributed by atoms with Gasteiger partial charge >= 0.3 is 0 Å². The molecule has 1 atom stereocenters. The largest absolute Gasteiger partial charge is 0.384 e. The summed E-state index contributed by atoms with van der Waals surface area (Å²) in [6.07, 6.45) is 3.87. The Morgan fingerprint density at radius 1 is 1.25 bits per heavy atom. The molecule has 0 spiro atoms. The molecular formula is C15H21BrN4. The molecule has 0 bridgehead atoms. The maximum Gasteiger partial charge on any atom is 0.122 e. The summed E-state index contributed by atoms with van der Waals surface area (Å²) < 4.78 is 1.04. The van der Waals surface area contributed by atoms with Crippen LogP contribution in [-0.4, -0.2) is 43.0 Å². The van der Waals surface area contributed by atoms with E-state index >= 15 is 0 Å². The predicted octanol–water partition coefficient (Wildman–Crippen LogP) is 2.41. The van der Waals surface area contributed by atoms with Gasteiger partial charge in [-0.2, -0.15) is 0 Å². The number of hydrogen-bond acceptors (Lipinski definition) is 3. The summed E-state index contributed by atoms with van der Waals surface area (Å²) in [6.45, 7) is 4.70. The van der Waals surface area contributed by atoms with Crippen LogP contribution in [0.2, 0.25) is 0 Å². The van der Waals surface area contributed by atoms with Crippen LogP contribution in [0.4, 0.5) is 5.69 Å². The van der Waals surface area contributed by atoms with E-state index < -0.39 is 0 Å². The van der Waals surface area contributed by atoms with Crippen molar-refractivity contribution in [3.63, 3.8) is 0 Å². The molecule has 2 fully saturated rings. The second-order valence-electron chi connectivity index (χ2n) is 5.71. The Bertz CT molecular complexity index is 517. The lowest BCUT2D eigenvalue weighted by Gasteiger charge is -2.28. The van der Waals surface area contributed by atoms with Crippen molar-refractivity contribution in [2.75, 3.05) is 31.1 Å². The van der Waals surface area contributed by atoms with Crippen molar-refractivity contribution in [3.8, 4) is 0 Å². The first-order valence-electron chi connectivity index (χ1n) is 7.28. The van der Waals surface area contributed by atoms with Crippen LogP contribution in [0.15, 0.2) is 22.7 Å². The lowest BCUT2D eigenvalue weighted by molar-refractivity contribution is 0.273. The Labute approximate surface area is 128 Å². The van der Waals surface area contributed by atoms with Gasteiger partial charge in [-0.25, -0.2) is 0 Å². The van der Waals surface area contributed by atoms with Crippen molar-refractivity contribution in [1.29, 1.82) is 5.41 Å². The third-order valence-corrected chi connectivity index (χ3v) is 5.04. The Balaban J connectivity index is 1.82. The summed E-state index contributed by atoms with van der Waals surface area (Å²) in [4.78, 5) is 5.11. The number of rotatable bonds is 2. The molecule has 108 valence electrons. The fourth-order valence-corrected chi connectivity index (χ4v) is 3.99. The maximum atomic E-state index is 7.52. The minimum Gasteiger partial charge on any atom is -0.384 e. The van der Waals surface area contributed by atoms with Crippen LogP contribution in [0.1, 0.15) is 24.8 Å². The molecule has 2 saturated heterocycles. The third-order valence-electron chi connectivity index (χ3n) is 4.40. The average Bonchev–Trinajstić information content (AvgIpc) is 2.76. The number of amidine groups is 1. The first-order chi connectivity index (χ1) is 9.65. The number of nitrogens with one attached hydrogen (secondary N) is 1. The summed E-state index contributed by atoms with van der Waals surface area (Å²) in [6, 6.07) is 6.69. The topological polar surface area (TPSA) is 56.4 Å². The highest BCUT2D eigenvalue weighted by molar-refractivity contribution is 9.10. The molecule has 0 aromatic heterocycles. The van der Waals surface area contributed by atoms with Gasteiger partial charge in [0.25, 0.3) is 0 Å². The molecule has 1 unspecified atom stereocenters. The summed E-state index contributed by atoms with van der Waals surface area (Å²) in [5.74, 6) is 0.120. The molecule has 1 aromatic carbocycles. The van der Waals surface area contributed by atoms with Crippen LogP contribution in [0.25, 0.3) is 0 Å². The minimum absolute atomic E-state index is 0.120. The third kappa shape index (κ3) is 2.69. The fourth-order valence-electron chi connectivity index (χ4n) is 3.36. The molecule has 4 nitrogen and oxygen atoms in total. The van der Waals surface area contributed by atoms with Gasteiger partial charge in [0.05, 0.1) is 5.69 Å². The van der Waals surface area contributed by atoms with E-state index in [1.807, 2.05) is 12.1 Å². The van der Waals surface area contributed by atoms with Crippen molar-refractivity contribution in [2.45, 2.75) is 25.3 Å². The second kappa shape index (κ2) is 5.74. The molecule has 3 rings (SSSR count). The molecular weight excluding hydrogens is 316 g/mol. The lowest BCUT2D eigenvalue weighted by atomic mass is 10.1. The van der Waals surface area contributed by atoms with Gasteiger partial charge in [0.15, 0.2) is 0 Å². The van der Waals surface area contributed by atoms with Crippen molar-refractivity contribution < 1.29 is 0 Å². The lowest BCUT2D eigenvalue weighted by Crippen LogP contribution is -2.36. The molecule has 3 N–H and O–H groups in total. The molecule has 20 heavy (non-hydrogen) atoms. The van der Waals surface area contributed by atoms with E-state index in [9.17, 15) is 0 Å². The summed E-state index contributed by atoms with van der Waals surface area (Å²) in [5.41, 5.74) is 7.55. The van der Waals surface area contributed by atoms with Gasteiger partial charge in [0.1, 0.15) is 5.84 Å². The summed E-state index contributed by atoms with van der Waals surface area (Å²) in [7, 11) is 0. The van der Waals surface area contributed by atoms with E-state index in [4.69, 9.17) is 11.1 Å². The minimum atomic E-state index is 0.120. The Kier molecular flexibility index (Phi) is 3.98. The normalized spacial score (nSPS) is 23.4. The van der Waals surface area contributed by atoms with Gasteiger partial charge in [-0.05, 0) is 59.9 Å². The summed E-state index contributed by atoms with van der Waals surface area (Å²) >= 11 is 3.64. The van der Waals surface area contributed by atoms with E-state index in [2.05, 4.69) is 31.8 Å². The van der Waals surface area contributed by atoms with Gasteiger partial charge in [0, 0.05) is 35.7 Å². The molecule has 1 aromatic rings. The molecule has 0 amide bonds. The fraction of sp³-hybridized carbons (Fsp3) is 0.533. The monoisotopic (exact) mass is 336 g/mol. The molecule has 0 aliphatic carbocycles. The molecule has 0 radical (unpaired) electrons. The number of fused-ring (bicyclic) bond motifs is 1. The van der Waals surface area contributed by atoms with E-state index in [1.54, 1.807) is 0 Å². The number of nitrogens with zero attached hydrogens (tertiary/aromatic N) is 2. The number of anilines is 1. The van der Waals surface area contributed by atoms with Gasteiger partial charge in [-0.1, -0.05) is 0 Å². The first kappa shape index (κ1) is 13.9. The van der Waals surface area contributed by atoms with Crippen LogP contribution >= 0.6 is 15.9 Å². The predicted molar refractivity (Wildman–Crippen MR) is 86.6 cm³/mol. The Hall–Kier alpha value is -1.07. The zero-order chi connectivity index (χ0) is 14.1. The average molecular weight is 337 g/mol. The Morgan fingerprint density at radius 2 is 2.05 bits per heavy atom. The Morgan fingerprint density at radius 3 is 2.80 bits per heavy atom. The molecule has 2 aliphatic heterocycles. The molecule has 2 heterocycles. The van der Waals surface area contributed by atoms with Crippen LogP contribution in [-0.2, 0) is 0 Å². The van der Waals surface area contributed by atoms with Crippen molar-refractivity contribution in [3.05, 3.63) is 28.2 Å². The second-order valence-corrected chi connectivity index (χ2v) is 6.57. The van der Waals surface area contributed by atoms with E-state index in [1.165, 1.54) is 38.0 Å². The molecule has 5 heteroatoms. The maximum absolute atomic E-state index is 7.52. The summed E-state index contributed by atoms with van der Waals surface area (Å²) in [5, 5.41) is 7.52. The quantitative estimate of drug-likeness (QED) is 0.644. The number of halogens is 1. The van der Waals surface area contributed by atoms with Crippen molar-refractivity contribution in [1.82, 2.24) is 4.90 Å². The van der Waals surface area contributed by atoms with Crippen molar-refractivity contribution >= 4 is 27.5 Å². The highest BCUT2D eigenvalue weighted by Crippen LogP contribution is 2.31. The van der Waals surface area contributed by atoms with Gasteiger partial charge < -0.3 is 10.6 Å². The molecule has 0 saturated carbocycles. The van der Waals surface area contributed by atoms with E-state index in [0.29, 0.717) is 6.04 Å². The van der Waals surface area contributed by atoms with Crippen molar-refractivity contribution in [2.24, 2.45) is 5.73 Å². The number of nitrogen functional groups attached to an aromatic ring is 1. The standard InChI is InChI=1S/C15H21BrN4/c16-13-9-11(15(17)18)4-5-14(13)20-8-2-7-19-6-1-3-12(19)10-20/h4-5,9,12H,1-3,6-8,10H2,(H3,17,18).